The predicted octanol–water partition coefficient (Wildman–Crippen LogP) is 2.25. The molecule has 1 amide bonds. The van der Waals surface area contributed by atoms with E-state index in [2.05, 4.69) is 15.5 Å². The summed E-state index contributed by atoms with van der Waals surface area (Å²) >= 11 is 1.68. The molecule has 1 fully saturated rings. The first-order valence-corrected chi connectivity index (χ1v) is 6.76. The molecule has 5 nitrogen and oxygen atoms in total. The maximum atomic E-state index is 11.7. The van der Waals surface area contributed by atoms with Gasteiger partial charge in [-0.2, -0.15) is 0 Å². The number of amides is 1. The van der Waals surface area contributed by atoms with Crippen LogP contribution in [0.2, 0.25) is 0 Å². The van der Waals surface area contributed by atoms with Crippen molar-refractivity contribution < 1.29 is 9.32 Å². The second kappa shape index (κ2) is 4.53. The molecule has 0 spiro atoms. The smallest absolute Gasteiger partial charge is 0.273 e. The first kappa shape index (κ1) is 11.4. The van der Waals surface area contributed by atoms with Crippen LogP contribution in [0.5, 0.6) is 0 Å². The van der Waals surface area contributed by atoms with Crippen LogP contribution >= 0.6 is 11.3 Å². The first-order chi connectivity index (χ1) is 8.72. The Morgan fingerprint density at radius 1 is 1.61 bits per heavy atom. The van der Waals surface area contributed by atoms with E-state index in [0.717, 1.165) is 5.69 Å². The van der Waals surface area contributed by atoms with E-state index in [0.29, 0.717) is 23.9 Å². The third kappa shape index (κ3) is 2.43. The molecule has 1 aliphatic rings. The molecule has 0 aromatic carbocycles. The Kier molecular flexibility index (Phi) is 2.87. The van der Waals surface area contributed by atoms with E-state index in [4.69, 9.17) is 4.52 Å². The van der Waals surface area contributed by atoms with Gasteiger partial charge in [-0.15, -0.1) is 11.3 Å². The third-order valence-electron chi connectivity index (χ3n) is 2.79. The molecule has 1 aliphatic carbocycles. The van der Waals surface area contributed by atoms with Crippen molar-refractivity contribution in [1.29, 1.82) is 0 Å². The molecule has 0 saturated heterocycles. The average Bonchev–Trinajstić information content (AvgIpc) is 2.95. The normalized spacial score (nSPS) is 14.7. The SMILES string of the molecule is Cc1cc(C(=O)NCc2csc(C3CC3)n2)no1. The molecular formula is C12H13N3O2S. The topological polar surface area (TPSA) is 68.0 Å². The van der Waals surface area contributed by atoms with E-state index in [1.165, 1.54) is 17.8 Å². The highest BCUT2D eigenvalue weighted by Gasteiger charge is 2.26. The number of rotatable bonds is 4. The number of hydrogen-bond donors (Lipinski definition) is 1. The van der Waals surface area contributed by atoms with Gasteiger partial charge in [0, 0.05) is 17.4 Å². The Labute approximate surface area is 108 Å². The molecule has 2 heterocycles. The maximum Gasteiger partial charge on any atom is 0.273 e. The lowest BCUT2D eigenvalue weighted by atomic mass is 10.3. The number of hydrogen-bond acceptors (Lipinski definition) is 5. The monoisotopic (exact) mass is 263 g/mol. The fourth-order valence-corrected chi connectivity index (χ4v) is 2.65. The molecule has 0 atom stereocenters. The van der Waals surface area contributed by atoms with Crippen molar-refractivity contribution in [2.24, 2.45) is 0 Å². The highest BCUT2D eigenvalue weighted by Crippen LogP contribution is 2.41. The zero-order valence-corrected chi connectivity index (χ0v) is 10.8. The Balaban J connectivity index is 1.58. The molecule has 0 radical (unpaired) electrons. The summed E-state index contributed by atoms with van der Waals surface area (Å²) in [5.41, 5.74) is 1.22. The van der Waals surface area contributed by atoms with Gasteiger partial charge in [0.15, 0.2) is 5.69 Å². The van der Waals surface area contributed by atoms with Crippen LogP contribution < -0.4 is 5.32 Å². The molecule has 0 bridgehead atoms. The minimum atomic E-state index is -0.229. The summed E-state index contributed by atoms with van der Waals surface area (Å²) in [7, 11) is 0. The van der Waals surface area contributed by atoms with Crippen molar-refractivity contribution in [3.8, 4) is 0 Å². The minimum absolute atomic E-state index is 0.229. The van der Waals surface area contributed by atoms with Crippen LogP contribution in [-0.2, 0) is 6.54 Å². The van der Waals surface area contributed by atoms with Gasteiger partial charge in [-0.25, -0.2) is 4.98 Å². The van der Waals surface area contributed by atoms with E-state index >= 15 is 0 Å². The zero-order valence-electron chi connectivity index (χ0n) is 9.97. The van der Waals surface area contributed by atoms with Gasteiger partial charge >= 0.3 is 0 Å². The summed E-state index contributed by atoms with van der Waals surface area (Å²) in [5, 5.41) is 9.64. The minimum Gasteiger partial charge on any atom is -0.361 e. The van der Waals surface area contributed by atoms with Crippen molar-refractivity contribution in [2.75, 3.05) is 0 Å². The number of nitrogens with one attached hydrogen (secondary N) is 1. The standard InChI is InChI=1S/C12H13N3O2S/c1-7-4-10(15-17-7)11(16)13-5-9-6-18-12(14-9)8-2-3-8/h4,6,8H,2-3,5H2,1H3,(H,13,16). The van der Waals surface area contributed by atoms with Gasteiger partial charge in [0.1, 0.15) is 5.76 Å². The first-order valence-electron chi connectivity index (χ1n) is 5.88. The summed E-state index contributed by atoms with van der Waals surface area (Å²) in [4.78, 5) is 16.2. The van der Waals surface area contributed by atoms with Gasteiger partial charge in [-0.3, -0.25) is 4.79 Å². The van der Waals surface area contributed by atoms with E-state index in [-0.39, 0.29) is 5.91 Å². The van der Waals surface area contributed by atoms with Gasteiger partial charge in [-0.1, -0.05) is 5.16 Å². The molecule has 0 aliphatic heterocycles. The van der Waals surface area contributed by atoms with Crippen LogP contribution in [0, 0.1) is 6.92 Å². The van der Waals surface area contributed by atoms with Gasteiger partial charge in [0.2, 0.25) is 0 Å². The molecule has 18 heavy (non-hydrogen) atoms. The zero-order chi connectivity index (χ0) is 12.5. The Morgan fingerprint density at radius 2 is 2.44 bits per heavy atom. The fourth-order valence-electron chi connectivity index (χ4n) is 1.66. The maximum absolute atomic E-state index is 11.7. The predicted molar refractivity (Wildman–Crippen MR) is 66.5 cm³/mol. The number of aromatic nitrogens is 2. The van der Waals surface area contributed by atoms with Crippen LogP contribution in [0.1, 0.15) is 45.7 Å². The second-order valence-corrected chi connectivity index (χ2v) is 5.35. The van der Waals surface area contributed by atoms with Crippen LogP contribution in [-0.4, -0.2) is 16.0 Å². The largest absolute Gasteiger partial charge is 0.361 e. The van der Waals surface area contributed by atoms with Crippen LogP contribution in [0.15, 0.2) is 16.0 Å². The Morgan fingerprint density at radius 3 is 3.11 bits per heavy atom. The van der Waals surface area contributed by atoms with Crippen molar-refractivity contribution >= 4 is 17.2 Å². The molecular weight excluding hydrogens is 250 g/mol. The van der Waals surface area contributed by atoms with E-state index < -0.39 is 0 Å². The van der Waals surface area contributed by atoms with Gasteiger partial charge in [0.25, 0.3) is 5.91 Å². The van der Waals surface area contributed by atoms with E-state index in [1.807, 2.05) is 5.38 Å². The average molecular weight is 263 g/mol. The number of carbonyl (C=O) groups is 1. The molecule has 6 heteroatoms. The van der Waals surface area contributed by atoms with Gasteiger partial charge in [-0.05, 0) is 19.8 Å². The highest BCUT2D eigenvalue weighted by molar-refractivity contribution is 7.09. The van der Waals surface area contributed by atoms with Crippen molar-refractivity contribution in [3.63, 3.8) is 0 Å². The number of carbonyl (C=O) groups excluding carboxylic acids is 1. The van der Waals surface area contributed by atoms with Crippen molar-refractivity contribution in [1.82, 2.24) is 15.5 Å². The molecule has 1 N–H and O–H groups in total. The summed E-state index contributed by atoms with van der Waals surface area (Å²) in [6, 6.07) is 1.62. The fraction of sp³-hybridized carbons (Fsp3) is 0.417. The lowest BCUT2D eigenvalue weighted by Crippen LogP contribution is -2.23. The Bertz CT molecular complexity index is 571. The van der Waals surface area contributed by atoms with E-state index in [1.54, 1.807) is 24.3 Å². The van der Waals surface area contributed by atoms with Gasteiger partial charge in [0.05, 0.1) is 17.2 Å². The van der Waals surface area contributed by atoms with Crippen LogP contribution in [0.3, 0.4) is 0 Å². The number of aryl methyl sites for hydroxylation is 1. The third-order valence-corrected chi connectivity index (χ3v) is 3.84. The summed E-state index contributed by atoms with van der Waals surface area (Å²) in [5.74, 6) is 1.07. The quantitative estimate of drug-likeness (QED) is 0.918. The number of thiazole rings is 1. The molecule has 2 aromatic heterocycles. The van der Waals surface area contributed by atoms with Crippen LogP contribution in [0.25, 0.3) is 0 Å². The number of nitrogens with zero attached hydrogens (tertiary/aromatic N) is 2. The molecule has 3 rings (SSSR count). The molecule has 0 unspecified atom stereocenters. The Hall–Kier alpha value is -1.69. The van der Waals surface area contributed by atoms with Crippen molar-refractivity contribution in [3.05, 3.63) is 33.6 Å². The second-order valence-electron chi connectivity index (χ2n) is 4.46. The van der Waals surface area contributed by atoms with E-state index in [9.17, 15) is 4.79 Å². The molecule has 94 valence electrons. The highest BCUT2D eigenvalue weighted by atomic mass is 32.1. The molecule has 2 aromatic rings. The lowest BCUT2D eigenvalue weighted by Gasteiger charge is -1.98. The lowest BCUT2D eigenvalue weighted by molar-refractivity contribution is 0.0941. The summed E-state index contributed by atoms with van der Waals surface area (Å²) in [6.45, 7) is 2.19. The summed E-state index contributed by atoms with van der Waals surface area (Å²) in [6.07, 6.45) is 2.50. The summed E-state index contributed by atoms with van der Waals surface area (Å²) < 4.78 is 4.86. The van der Waals surface area contributed by atoms with Crippen molar-refractivity contribution in [2.45, 2.75) is 32.2 Å². The van der Waals surface area contributed by atoms with Crippen LogP contribution in [0.4, 0.5) is 0 Å². The molecule has 1 saturated carbocycles. The van der Waals surface area contributed by atoms with Gasteiger partial charge < -0.3 is 9.84 Å².